The van der Waals surface area contributed by atoms with Crippen molar-refractivity contribution < 1.29 is 19.1 Å². The van der Waals surface area contributed by atoms with Gasteiger partial charge in [-0.2, -0.15) is 11.3 Å². The quantitative estimate of drug-likeness (QED) is 0.830. The summed E-state index contributed by atoms with van der Waals surface area (Å²) in [6, 6.07) is 2.08. The fourth-order valence-corrected chi connectivity index (χ4v) is 4.86. The maximum absolute atomic E-state index is 12.8. The number of hydrogen-bond acceptors (Lipinski definition) is 5. The maximum atomic E-state index is 12.8. The summed E-state index contributed by atoms with van der Waals surface area (Å²) < 4.78 is 10.8. The first-order chi connectivity index (χ1) is 12.1. The standard InChI is InChI=1S/C18H26N2O4S/c1-23-11-16(21)19-14-3-5-18(24-2)6-7-20(15(18)10-14)17(22)9-13-4-8-25-12-13/h4,8,12,14-15H,3,5-7,9-11H2,1-2H3,(H,19,21)/t14-,15+,18-/m1/s1. The average Bonchev–Trinajstić information content (AvgIpc) is 3.22. The third-order valence-electron chi connectivity index (χ3n) is 5.49. The summed E-state index contributed by atoms with van der Waals surface area (Å²) in [5.74, 6) is 0.0396. The number of thiophene rings is 1. The number of carbonyl (C=O) groups is 2. The van der Waals surface area contributed by atoms with Crippen molar-refractivity contribution in [3.8, 4) is 0 Å². The summed E-state index contributed by atoms with van der Waals surface area (Å²) in [4.78, 5) is 26.6. The molecule has 3 rings (SSSR count). The van der Waals surface area contributed by atoms with Gasteiger partial charge < -0.3 is 19.7 Å². The molecule has 138 valence electrons. The SMILES string of the molecule is COCC(=O)N[C@@H]1CC[C@@]2(OC)CCN(C(=O)Cc3ccsc3)[C@H]2C1. The molecule has 25 heavy (non-hydrogen) atoms. The van der Waals surface area contributed by atoms with Crippen LogP contribution in [-0.4, -0.2) is 61.8 Å². The molecule has 2 aliphatic rings. The molecule has 7 heteroatoms. The Morgan fingerprint density at radius 1 is 1.40 bits per heavy atom. The van der Waals surface area contributed by atoms with Crippen molar-refractivity contribution in [3.63, 3.8) is 0 Å². The van der Waals surface area contributed by atoms with Crippen LogP contribution in [0.25, 0.3) is 0 Å². The number of nitrogens with zero attached hydrogens (tertiary/aromatic N) is 1. The first kappa shape index (κ1) is 18.4. The molecule has 2 fully saturated rings. The van der Waals surface area contributed by atoms with Crippen LogP contribution in [-0.2, 0) is 25.5 Å². The number of ether oxygens (including phenoxy) is 2. The van der Waals surface area contributed by atoms with Crippen molar-refractivity contribution >= 4 is 23.2 Å². The summed E-state index contributed by atoms with van der Waals surface area (Å²) in [5.41, 5.74) is 0.790. The van der Waals surface area contributed by atoms with E-state index in [1.807, 2.05) is 21.7 Å². The monoisotopic (exact) mass is 366 g/mol. The van der Waals surface area contributed by atoms with Crippen molar-refractivity contribution in [2.45, 2.75) is 49.8 Å². The minimum absolute atomic E-state index is 0.0187. The summed E-state index contributed by atoms with van der Waals surface area (Å²) >= 11 is 1.61. The molecule has 1 aliphatic heterocycles. The highest BCUT2D eigenvalue weighted by atomic mass is 32.1. The fraction of sp³-hybridized carbons (Fsp3) is 0.667. The molecule has 1 aromatic heterocycles. The van der Waals surface area contributed by atoms with Crippen molar-refractivity contribution in [1.29, 1.82) is 0 Å². The number of amides is 2. The van der Waals surface area contributed by atoms with Crippen LogP contribution in [0.3, 0.4) is 0 Å². The highest BCUT2D eigenvalue weighted by Crippen LogP contribution is 2.42. The molecular weight excluding hydrogens is 340 g/mol. The second-order valence-electron chi connectivity index (χ2n) is 6.90. The minimum atomic E-state index is -0.271. The minimum Gasteiger partial charge on any atom is -0.376 e. The maximum Gasteiger partial charge on any atom is 0.246 e. The van der Waals surface area contributed by atoms with Gasteiger partial charge in [0, 0.05) is 26.8 Å². The molecule has 0 radical (unpaired) electrons. The zero-order chi connectivity index (χ0) is 17.9. The number of fused-ring (bicyclic) bond motifs is 1. The molecule has 0 aromatic carbocycles. The molecule has 1 aliphatic carbocycles. The van der Waals surface area contributed by atoms with Gasteiger partial charge in [-0.3, -0.25) is 9.59 Å². The molecule has 1 aromatic rings. The lowest BCUT2D eigenvalue weighted by atomic mass is 9.78. The van der Waals surface area contributed by atoms with Gasteiger partial charge in [0.25, 0.3) is 0 Å². The van der Waals surface area contributed by atoms with Crippen LogP contribution in [0.4, 0.5) is 0 Å². The Balaban J connectivity index is 1.68. The number of nitrogens with one attached hydrogen (secondary N) is 1. The van der Waals surface area contributed by atoms with Crippen molar-refractivity contribution in [1.82, 2.24) is 10.2 Å². The smallest absolute Gasteiger partial charge is 0.246 e. The molecule has 0 unspecified atom stereocenters. The summed E-state index contributed by atoms with van der Waals surface area (Å²) in [5, 5.41) is 7.04. The zero-order valence-electron chi connectivity index (χ0n) is 14.8. The first-order valence-corrected chi connectivity index (χ1v) is 9.66. The van der Waals surface area contributed by atoms with E-state index < -0.39 is 0 Å². The van der Waals surface area contributed by atoms with Gasteiger partial charge in [0.2, 0.25) is 11.8 Å². The van der Waals surface area contributed by atoms with Crippen molar-refractivity contribution in [3.05, 3.63) is 22.4 Å². The fourth-order valence-electron chi connectivity index (χ4n) is 4.20. The van der Waals surface area contributed by atoms with Gasteiger partial charge in [-0.1, -0.05) is 0 Å². The number of likely N-dealkylation sites (tertiary alicyclic amines) is 1. The van der Waals surface area contributed by atoms with E-state index in [0.717, 1.165) is 37.8 Å². The highest BCUT2D eigenvalue weighted by Gasteiger charge is 2.52. The Hall–Kier alpha value is -1.44. The molecule has 1 saturated carbocycles. The van der Waals surface area contributed by atoms with Crippen LogP contribution in [0.5, 0.6) is 0 Å². The molecule has 0 bridgehead atoms. The lowest BCUT2D eigenvalue weighted by molar-refractivity contribution is -0.137. The Morgan fingerprint density at radius 2 is 2.24 bits per heavy atom. The molecular formula is C18H26N2O4S. The topological polar surface area (TPSA) is 67.9 Å². The van der Waals surface area contributed by atoms with Gasteiger partial charge in [0.1, 0.15) is 6.61 Å². The normalized spacial score (nSPS) is 28.6. The van der Waals surface area contributed by atoms with E-state index in [4.69, 9.17) is 9.47 Å². The van der Waals surface area contributed by atoms with Gasteiger partial charge in [-0.25, -0.2) is 0 Å². The van der Waals surface area contributed by atoms with E-state index in [1.165, 1.54) is 7.11 Å². The zero-order valence-corrected chi connectivity index (χ0v) is 15.6. The second-order valence-corrected chi connectivity index (χ2v) is 7.68. The number of hydrogen-bond donors (Lipinski definition) is 1. The van der Waals surface area contributed by atoms with Crippen LogP contribution in [0.15, 0.2) is 16.8 Å². The molecule has 0 spiro atoms. The molecule has 2 heterocycles. The first-order valence-electron chi connectivity index (χ1n) is 8.72. The van der Waals surface area contributed by atoms with Gasteiger partial charge in [0.05, 0.1) is 18.1 Å². The summed E-state index contributed by atoms with van der Waals surface area (Å²) in [6.07, 6.45) is 3.75. The van der Waals surface area contributed by atoms with Gasteiger partial charge in [0.15, 0.2) is 0 Å². The van der Waals surface area contributed by atoms with E-state index >= 15 is 0 Å². The number of methoxy groups -OCH3 is 2. The summed E-state index contributed by atoms with van der Waals surface area (Å²) in [6.45, 7) is 0.789. The van der Waals surface area contributed by atoms with E-state index in [2.05, 4.69) is 5.32 Å². The van der Waals surface area contributed by atoms with Crippen LogP contribution >= 0.6 is 11.3 Å². The van der Waals surface area contributed by atoms with E-state index in [9.17, 15) is 9.59 Å². The Bertz CT molecular complexity index is 606. The van der Waals surface area contributed by atoms with Gasteiger partial charge in [-0.15, -0.1) is 0 Å². The Labute approximate surface area is 152 Å². The van der Waals surface area contributed by atoms with Crippen molar-refractivity contribution in [2.75, 3.05) is 27.4 Å². The van der Waals surface area contributed by atoms with Gasteiger partial charge in [-0.05, 0) is 48.1 Å². The van der Waals surface area contributed by atoms with E-state index in [1.54, 1.807) is 18.4 Å². The van der Waals surface area contributed by atoms with Crippen LogP contribution < -0.4 is 5.32 Å². The number of carbonyl (C=O) groups excluding carboxylic acids is 2. The largest absolute Gasteiger partial charge is 0.376 e. The Morgan fingerprint density at radius 3 is 2.92 bits per heavy atom. The van der Waals surface area contributed by atoms with Gasteiger partial charge >= 0.3 is 0 Å². The van der Waals surface area contributed by atoms with Crippen molar-refractivity contribution in [2.24, 2.45) is 0 Å². The molecule has 1 saturated heterocycles. The lowest BCUT2D eigenvalue weighted by Gasteiger charge is -2.43. The average molecular weight is 366 g/mol. The van der Waals surface area contributed by atoms with E-state index in [-0.39, 0.29) is 36.1 Å². The molecule has 2 amide bonds. The highest BCUT2D eigenvalue weighted by molar-refractivity contribution is 7.08. The van der Waals surface area contributed by atoms with Crippen LogP contribution in [0, 0.1) is 0 Å². The predicted octanol–water partition coefficient (Wildman–Crippen LogP) is 1.59. The third-order valence-corrected chi connectivity index (χ3v) is 6.22. The molecule has 3 atom stereocenters. The summed E-state index contributed by atoms with van der Waals surface area (Å²) in [7, 11) is 3.25. The van der Waals surface area contributed by atoms with Crippen LogP contribution in [0.2, 0.25) is 0 Å². The third kappa shape index (κ3) is 3.88. The molecule has 6 nitrogen and oxygen atoms in total. The number of rotatable bonds is 6. The van der Waals surface area contributed by atoms with Crippen LogP contribution in [0.1, 0.15) is 31.2 Å². The predicted molar refractivity (Wildman–Crippen MR) is 95.5 cm³/mol. The second kappa shape index (κ2) is 7.85. The van der Waals surface area contributed by atoms with E-state index in [0.29, 0.717) is 6.42 Å². The molecule has 1 N–H and O–H groups in total. The lowest BCUT2D eigenvalue weighted by Crippen LogP contribution is -2.56. The Kier molecular flexibility index (Phi) is 5.76.